The molecule has 4 heteroatoms. The smallest absolute Gasteiger partial charge is 0.254 e. The molecule has 1 atom stereocenters. The summed E-state index contributed by atoms with van der Waals surface area (Å²) in [5.74, 6) is -0.416. The number of hydrogen-bond acceptors (Lipinski definition) is 2. The van der Waals surface area contributed by atoms with Crippen LogP contribution in [-0.2, 0) is 0 Å². The van der Waals surface area contributed by atoms with E-state index in [4.69, 9.17) is 5.73 Å². The summed E-state index contributed by atoms with van der Waals surface area (Å²) in [7, 11) is 1.68. The van der Waals surface area contributed by atoms with E-state index in [9.17, 15) is 9.18 Å². The minimum absolute atomic E-state index is 0.0875. The molecule has 1 aliphatic heterocycles. The summed E-state index contributed by atoms with van der Waals surface area (Å²) >= 11 is 0. The van der Waals surface area contributed by atoms with Gasteiger partial charge in [0, 0.05) is 19.2 Å². The zero-order chi connectivity index (χ0) is 10.3. The summed E-state index contributed by atoms with van der Waals surface area (Å²) < 4.78 is 13.0. The van der Waals surface area contributed by atoms with E-state index in [0.29, 0.717) is 17.7 Å². The van der Waals surface area contributed by atoms with Crippen molar-refractivity contribution in [2.45, 2.75) is 6.04 Å². The van der Waals surface area contributed by atoms with E-state index in [1.165, 1.54) is 18.2 Å². The predicted molar refractivity (Wildman–Crippen MR) is 50.3 cm³/mol. The molecule has 0 saturated heterocycles. The number of nitrogens with two attached hydrogens (primary N) is 1. The van der Waals surface area contributed by atoms with Crippen LogP contribution in [0.2, 0.25) is 0 Å². The fourth-order valence-corrected chi connectivity index (χ4v) is 1.83. The average molecular weight is 194 g/mol. The highest BCUT2D eigenvalue weighted by Crippen LogP contribution is 2.31. The highest BCUT2D eigenvalue weighted by molar-refractivity contribution is 5.99. The molecule has 0 aromatic heterocycles. The van der Waals surface area contributed by atoms with Crippen molar-refractivity contribution in [1.29, 1.82) is 0 Å². The van der Waals surface area contributed by atoms with Crippen LogP contribution in [0.15, 0.2) is 18.2 Å². The van der Waals surface area contributed by atoms with E-state index in [0.717, 1.165) is 0 Å². The van der Waals surface area contributed by atoms with Gasteiger partial charge in [-0.3, -0.25) is 4.79 Å². The first-order chi connectivity index (χ1) is 6.65. The quantitative estimate of drug-likeness (QED) is 0.722. The molecule has 2 N–H and O–H groups in total. The second-order valence-corrected chi connectivity index (χ2v) is 3.40. The SMILES string of the molecule is CN1C(=O)c2ccc(F)cc2C1CN. The van der Waals surface area contributed by atoms with Gasteiger partial charge in [-0.25, -0.2) is 4.39 Å². The Balaban J connectivity index is 2.56. The molecule has 74 valence electrons. The lowest BCUT2D eigenvalue weighted by atomic mass is 10.0. The number of hydrogen-bond donors (Lipinski definition) is 1. The van der Waals surface area contributed by atoms with Crippen LogP contribution in [0.25, 0.3) is 0 Å². The van der Waals surface area contributed by atoms with Gasteiger partial charge in [-0.2, -0.15) is 0 Å². The number of rotatable bonds is 1. The van der Waals surface area contributed by atoms with Gasteiger partial charge in [0.15, 0.2) is 0 Å². The monoisotopic (exact) mass is 194 g/mol. The van der Waals surface area contributed by atoms with Crippen LogP contribution in [0.1, 0.15) is 22.0 Å². The Kier molecular flexibility index (Phi) is 2.00. The molecular weight excluding hydrogens is 183 g/mol. The van der Waals surface area contributed by atoms with Crippen molar-refractivity contribution in [3.05, 3.63) is 35.1 Å². The summed E-state index contributed by atoms with van der Waals surface area (Å²) in [5.41, 5.74) is 6.79. The normalized spacial score (nSPS) is 20.1. The lowest BCUT2D eigenvalue weighted by Gasteiger charge is -2.18. The molecule has 0 spiro atoms. The van der Waals surface area contributed by atoms with Gasteiger partial charge in [-0.15, -0.1) is 0 Å². The standard InChI is InChI=1S/C10H11FN2O/c1-13-9(5-12)8-4-6(11)2-3-7(8)10(13)14/h2-4,9H,5,12H2,1H3. The van der Waals surface area contributed by atoms with Crippen molar-refractivity contribution < 1.29 is 9.18 Å². The molecule has 0 bridgehead atoms. The number of benzene rings is 1. The van der Waals surface area contributed by atoms with E-state index in [2.05, 4.69) is 0 Å². The number of carbonyl (C=O) groups is 1. The molecule has 0 fully saturated rings. The number of amides is 1. The van der Waals surface area contributed by atoms with Crippen LogP contribution in [0.3, 0.4) is 0 Å². The van der Waals surface area contributed by atoms with Crippen LogP contribution in [0.5, 0.6) is 0 Å². The minimum Gasteiger partial charge on any atom is -0.333 e. The first-order valence-electron chi connectivity index (χ1n) is 4.42. The molecule has 1 heterocycles. The molecule has 1 amide bonds. The third-order valence-corrected chi connectivity index (χ3v) is 2.61. The van der Waals surface area contributed by atoms with Gasteiger partial charge in [-0.05, 0) is 23.8 Å². The first-order valence-corrected chi connectivity index (χ1v) is 4.42. The number of likely N-dealkylation sites (N-methyl/N-ethyl adjacent to an activating group) is 1. The number of halogens is 1. The van der Waals surface area contributed by atoms with Gasteiger partial charge in [0.05, 0.1) is 6.04 Å². The molecule has 1 aromatic carbocycles. The van der Waals surface area contributed by atoms with E-state index in [-0.39, 0.29) is 17.8 Å². The average Bonchev–Trinajstić information content (AvgIpc) is 2.39. The van der Waals surface area contributed by atoms with Gasteiger partial charge in [0.1, 0.15) is 5.82 Å². The minimum atomic E-state index is -0.328. The second-order valence-electron chi connectivity index (χ2n) is 3.40. The maximum absolute atomic E-state index is 13.0. The third-order valence-electron chi connectivity index (χ3n) is 2.61. The Bertz CT molecular complexity index is 392. The largest absolute Gasteiger partial charge is 0.333 e. The van der Waals surface area contributed by atoms with Gasteiger partial charge >= 0.3 is 0 Å². The molecule has 14 heavy (non-hydrogen) atoms. The van der Waals surface area contributed by atoms with Crippen LogP contribution >= 0.6 is 0 Å². The van der Waals surface area contributed by atoms with Crippen LogP contribution in [0.4, 0.5) is 4.39 Å². The Morgan fingerprint density at radius 3 is 2.93 bits per heavy atom. The van der Waals surface area contributed by atoms with E-state index in [1.807, 2.05) is 0 Å². The Hall–Kier alpha value is -1.42. The highest BCUT2D eigenvalue weighted by atomic mass is 19.1. The molecule has 1 aromatic rings. The zero-order valence-electron chi connectivity index (χ0n) is 7.83. The number of fused-ring (bicyclic) bond motifs is 1. The van der Waals surface area contributed by atoms with Crippen molar-refractivity contribution in [2.24, 2.45) is 5.73 Å². The fraction of sp³-hybridized carbons (Fsp3) is 0.300. The van der Waals surface area contributed by atoms with Gasteiger partial charge in [0.25, 0.3) is 5.91 Å². The lowest BCUT2D eigenvalue weighted by Crippen LogP contribution is -2.28. The van der Waals surface area contributed by atoms with Gasteiger partial charge < -0.3 is 10.6 Å². The van der Waals surface area contributed by atoms with Crippen molar-refractivity contribution in [3.63, 3.8) is 0 Å². The number of nitrogens with zero attached hydrogens (tertiary/aromatic N) is 1. The third kappa shape index (κ3) is 1.11. The van der Waals surface area contributed by atoms with Crippen molar-refractivity contribution in [3.8, 4) is 0 Å². The summed E-state index contributed by atoms with van der Waals surface area (Å²) in [4.78, 5) is 13.2. The molecule has 1 aliphatic rings. The predicted octanol–water partition coefficient (Wildman–Crippen LogP) is 0.911. The lowest BCUT2D eigenvalue weighted by molar-refractivity contribution is 0.0778. The Labute approximate surface area is 81.3 Å². The molecule has 0 radical (unpaired) electrons. The van der Waals surface area contributed by atoms with Crippen molar-refractivity contribution in [1.82, 2.24) is 4.90 Å². The van der Waals surface area contributed by atoms with Crippen LogP contribution in [0, 0.1) is 5.82 Å². The Morgan fingerprint density at radius 1 is 1.57 bits per heavy atom. The zero-order valence-corrected chi connectivity index (χ0v) is 7.83. The molecule has 1 unspecified atom stereocenters. The van der Waals surface area contributed by atoms with E-state index >= 15 is 0 Å². The summed E-state index contributed by atoms with van der Waals surface area (Å²) in [6, 6.07) is 4.00. The van der Waals surface area contributed by atoms with Gasteiger partial charge in [0.2, 0.25) is 0 Å². The highest BCUT2D eigenvalue weighted by Gasteiger charge is 2.33. The van der Waals surface area contributed by atoms with Crippen molar-refractivity contribution >= 4 is 5.91 Å². The molecule has 2 rings (SSSR count). The molecule has 3 nitrogen and oxygen atoms in total. The second kappa shape index (κ2) is 3.06. The van der Waals surface area contributed by atoms with E-state index < -0.39 is 0 Å². The van der Waals surface area contributed by atoms with Crippen molar-refractivity contribution in [2.75, 3.05) is 13.6 Å². The molecular formula is C10H11FN2O. The summed E-state index contributed by atoms with van der Waals surface area (Å²) in [5, 5.41) is 0. The maximum Gasteiger partial charge on any atom is 0.254 e. The van der Waals surface area contributed by atoms with Crippen LogP contribution in [-0.4, -0.2) is 24.4 Å². The first kappa shape index (κ1) is 9.15. The Morgan fingerprint density at radius 2 is 2.29 bits per heavy atom. The van der Waals surface area contributed by atoms with E-state index in [1.54, 1.807) is 11.9 Å². The van der Waals surface area contributed by atoms with Crippen LogP contribution < -0.4 is 5.73 Å². The molecule has 0 aliphatic carbocycles. The molecule has 0 saturated carbocycles. The summed E-state index contributed by atoms with van der Waals surface area (Å²) in [6.07, 6.45) is 0. The van der Waals surface area contributed by atoms with Gasteiger partial charge in [-0.1, -0.05) is 0 Å². The topological polar surface area (TPSA) is 46.3 Å². The number of carbonyl (C=O) groups excluding carboxylic acids is 1. The maximum atomic E-state index is 13.0. The summed E-state index contributed by atoms with van der Waals surface area (Å²) in [6.45, 7) is 0.318. The fourth-order valence-electron chi connectivity index (χ4n) is 1.83.